The van der Waals surface area contributed by atoms with Crippen LogP contribution in [-0.2, 0) is 6.42 Å². The highest BCUT2D eigenvalue weighted by atomic mass is 16.1. The van der Waals surface area contributed by atoms with E-state index in [0.717, 1.165) is 18.5 Å². The highest BCUT2D eigenvalue weighted by molar-refractivity contribution is 5.97. The minimum absolute atomic E-state index is 0.181. The van der Waals surface area contributed by atoms with Crippen molar-refractivity contribution in [2.45, 2.75) is 13.3 Å². The molecule has 0 saturated heterocycles. The van der Waals surface area contributed by atoms with Gasteiger partial charge in [0.05, 0.1) is 6.54 Å². The van der Waals surface area contributed by atoms with Gasteiger partial charge in [-0.05, 0) is 26.0 Å². The second-order valence-corrected chi connectivity index (χ2v) is 5.26. The Kier molecular flexibility index (Phi) is 5.08. The van der Waals surface area contributed by atoms with Crippen LogP contribution >= 0.6 is 0 Å². The molecule has 0 saturated carbocycles. The molecule has 0 aromatic heterocycles. The van der Waals surface area contributed by atoms with Crippen molar-refractivity contribution in [3.8, 4) is 0 Å². The molecule has 0 aliphatic rings. The molecule has 0 heterocycles. The number of hydrogen-bond acceptors (Lipinski definition) is 2. The van der Waals surface area contributed by atoms with Crippen molar-refractivity contribution in [2.75, 3.05) is 20.1 Å². The summed E-state index contributed by atoms with van der Waals surface area (Å²) < 4.78 is 0. The first kappa shape index (κ1) is 14.5. The van der Waals surface area contributed by atoms with E-state index in [-0.39, 0.29) is 5.78 Å². The van der Waals surface area contributed by atoms with Gasteiger partial charge in [0, 0.05) is 12.1 Å². The van der Waals surface area contributed by atoms with Gasteiger partial charge in [0.25, 0.3) is 0 Å². The first-order valence-electron chi connectivity index (χ1n) is 6.97. The molecule has 20 heavy (non-hydrogen) atoms. The van der Waals surface area contributed by atoms with E-state index >= 15 is 0 Å². The number of carbonyl (C=O) groups excluding carboxylic acids is 1. The molecule has 2 aromatic rings. The van der Waals surface area contributed by atoms with Crippen molar-refractivity contribution in [2.24, 2.45) is 0 Å². The molecule has 0 atom stereocenters. The molecule has 2 nitrogen and oxygen atoms in total. The molecule has 0 amide bonds. The lowest BCUT2D eigenvalue weighted by Gasteiger charge is -2.15. The Morgan fingerprint density at radius 1 is 1.00 bits per heavy atom. The lowest BCUT2D eigenvalue weighted by Crippen LogP contribution is -2.28. The lowest BCUT2D eigenvalue weighted by atomic mass is 10.1. The molecular weight excluding hydrogens is 246 g/mol. The maximum atomic E-state index is 12.1. The number of nitrogens with zero attached hydrogens (tertiary/aromatic N) is 1. The summed E-state index contributed by atoms with van der Waals surface area (Å²) in [7, 11) is 2.00. The highest BCUT2D eigenvalue weighted by Crippen LogP contribution is 2.06. The van der Waals surface area contributed by atoms with E-state index in [0.29, 0.717) is 6.54 Å². The zero-order valence-corrected chi connectivity index (χ0v) is 12.2. The fraction of sp³-hybridized carbons (Fsp3) is 0.278. The van der Waals surface area contributed by atoms with Crippen LogP contribution in [0.2, 0.25) is 0 Å². The Morgan fingerprint density at radius 2 is 1.65 bits per heavy atom. The Hall–Kier alpha value is -1.93. The molecule has 0 aliphatic heterocycles. The molecule has 104 valence electrons. The molecule has 0 bridgehead atoms. The van der Waals surface area contributed by atoms with Gasteiger partial charge >= 0.3 is 0 Å². The van der Waals surface area contributed by atoms with E-state index in [1.807, 2.05) is 56.4 Å². The van der Waals surface area contributed by atoms with E-state index in [1.165, 1.54) is 11.1 Å². The third kappa shape index (κ3) is 4.32. The van der Waals surface area contributed by atoms with Crippen LogP contribution in [0.1, 0.15) is 21.5 Å². The molecule has 0 fully saturated rings. The van der Waals surface area contributed by atoms with Gasteiger partial charge in [-0.1, -0.05) is 60.2 Å². The Morgan fingerprint density at radius 3 is 2.30 bits per heavy atom. The smallest absolute Gasteiger partial charge is 0.176 e. The second-order valence-electron chi connectivity index (χ2n) is 5.26. The molecule has 0 aliphatic carbocycles. The molecule has 2 aromatic carbocycles. The minimum Gasteiger partial charge on any atom is -0.299 e. The summed E-state index contributed by atoms with van der Waals surface area (Å²) in [6.45, 7) is 3.39. The van der Waals surface area contributed by atoms with Crippen LogP contribution < -0.4 is 0 Å². The zero-order chi connectivity index (χ0) is 14.4. The Bertz CT molecular complexity index is 545. The molecule has 0 N–H and O–H groups in total. The number of aryl methyl sites for hydroxylation is 1. The average Bonchev–Trinajstić information content (AvgIpc) is 2.47. The number of carbonyl (C=O) groups is 1. The van der Waals surface area contributed by atoms with Crippen molar-refractivity contribution in [3.05, 3.63) is 71.3 Å². The van der Waals surface area contributed by atoms with Crippen LogP contribution in [-0.4, -0.2) is 30.8 Å². The van der Waals surface area contributed by atoms with Crippen molar-refractivity contribution in [1.82, 2.24) is 4.90 Å². The van der Waals surface area contributed by atoms with Crippen LogP contribution in [0.3, 0.4) is 0 Å². The first-order valence-corrected chi connectivity index (χ1v) is 6.97. The largest absolute Gasteiger partial charge is 0.299 e. The van der Waals surface area contributed by atoms with Gasteiger partial charge in [-0.25, -0.2) is 0 Å². The lowest BCUT2D eigenvalue weighted by molar-refractivity contribution is 0.0947. The fourth-order valence-electron chi connectivity index (χ4n) is 2.12. The molecule has 2 heteroatoms. The molecular formula is C18H21NO. The summed E-state index contributed by atoms with van der Waals surface area (Å²) in [6, 6.07) is 18.1. The van der Waals surface area contributed by atoms with Crippen LogP contribution in [0.4, 0.5) is 0 Å². The van der Waals surface area contributed by atoms with E-state index in [4.69, 9.17) is 0 Å². The second kappa shape index (κ2) is 7.01. The molecule has 2 rings (SSSR count). The van der Waals surface area contributed by atoms with E-state index in [1.54, 1.807) is 0 Å². The van der Waals surface area contributed by atoms with Gasteiger partial charge in [0.1, 0.15) is 0 Å². The maximum absolute atomic E-state index is 12.1. The first-order chi connectivity index (χ1) is 9.65. The van der Waals surface area contributed by atoms with Gasteiger partial charge in [0.2, 0.25) is 0 Å². The molecule has 0 spiro atoms. The predicted molar refractivity (Wildman–Crippen MR) is 83.2 cm³/mol. The minimum atomic E-state index is 0.181. The topological polar surface area (TPSA) is 20.3 Å². The van der Waals surface area contributed by atoms with E-state index in [2.05, 4.69) is 17.0 Å². The monoisotopic (exact) mass is 267 g/mol. The SMILES string of the molecule is Cc1ccc(C(=O)CN(C)CCc2ccccc2)cc1. The Balaban J connectivity index is 1.83. The number of Topliss-reactive ketones (excluding diaryl/α,β-unsaturated/α-hetero) is 1. The number of rotatable bonds is 6. The van der Waals surface area contributed by atoms with Crippen molar-refractivity contribution in [1.29, 1.82) is 0 Å². The van der Waals surface area contributed by atoms with Gasteiger partial charge in [0.15, 0.2) is 5.78 Å². The van der Waals surface area contributed by atoms with Gasteiger partial charge < -0.3 is 0 Å². The van der Waals surface area contributed by atoms with E-state index < -0.39 is 0 Å². The third-order valence-electron chi connectivity index (χ3n) is 3.41. The number of hydrogen-bond donors (Lipinski definition) is 0. The van der Waals surface area contributed by atoms with Gasteiger partial charge in [-0.3, -0.25) is 9.69 Å². The van der Waals surface area contributed by atoms with Crippen molar-refractivity contribution in [3.63, 3.8) is 0 Å². The van der Waals surface area contributed by atoms with Gasteiger partial charge in [-0.15, -0.1) is 0 Å². The van der Waals surface area contributed by atoms with Gasteiger partial charge in [-0.2, -0.15) is 0 Å². The summed E-state index contributed by atoms with van der Waals surface area (Å²) >= 11 is 0. The summed E-state index contributed by atoms with van der Waals surface area (Å²) in [4.78, 5) is 14.2. The summed E-state index contributed by atoms with van der Waals surface area (Å²) in [6.07, 6.45) is 0.971. The normalized spacial score (nSPS) is 10.8. The van der Waals surface area contributed by atoms with Crippen LogP contribution in [0.15, 0.2) is 54.6 Å². The average molecular weight is 267 g/mol. The highest BCUT2D eigenvalue weighted by Gasteiger charge is 2.09. The summed E-state index contributed by atoms with van der Waals surface area (Å²) in [5.74, 6) is 0.181. The number of benzene rings is 2. The number of ketones is 1. The van der Waals surface area contributed by atoms with Crippen LogP contribution in [0, 0.1) is 6.92 Å². The summed E-state index contributed by atoms with van der Waals surface area (Å²) in [5, 5.41) is 0. The van der Waals surface area contributed by atoms with Crippen molar-refractivity contribution < 1.29 is 4.79 Å². The van der Waals surface area contributed by atoms with Crippen molar-refractivity contribution >= 4 is 5.78 Å². The quantitative estimate of drug-likeness (QED) is 0.748. The zero-order valence-electron chi connectivity index (χ0n) is 12.2. The maximum Gasteiger partial charge on any atom is 0.176 e. The van der Waals surface area contributed by atoms with Crippen LogP contribution in [0.25, 0.3) is 0 Å². The summed E-state index contributed by atoms with van der Waals surface area (Å²) in [5.41, 5.74) is 3.28. The third-order valence-corrected chi connectivity index (χ3v) is 3.41. The van der Waals surface area contributed by atoms with E-state index in [9.17, 15) is 4.79 Å². The van der Waals surface area contributed by atoms with Crippen LogP contribution in [0.5, 0.6) is 0 Å². The fourth-order valence-corrected chi connectivity index (χ4v) is 2.12. The predicted octanol–water partition coefficient (Wildman–Crippen LogP) is 3.35. The Labute approximate surface area is 121 Å². The molecule has 0 radical (unpaired) electrons. The standard InChI is InChI=1S/C18H21NO/c1-15-8-10-17(11-9-15)18(20)14-19(2)13-12-16-6-4-3-5-7-16/h3-11H,12-14H2,1-2H3. The molecule has 0 unspecified atom stereocenters. The number of likely N-dealkylation sites (N-methyl/N-ethyl adjacent to an activating group) is 1.